The largest absolute Gasteiger partial charge is 0.383 e. The van der Waals surface area contributed by atoms with Crippen molar-refractivity contribution in [3.05, 3.63) is 16.7 Å². The van der Waals surface area contributed by atoms with Crippen molar-refractivity contribution < 1.29 is 17.9 Å². The summed E-state index contributed by atoms with van der Waals surface area (Å²) in [6, 6.07) is 1.33. The van der Waals surface area contributed by atoms with E-state index in [1.807, 2.05) is 0 Å². The third-order valence-electron chi connectivity index (χ3n) is 2.30. The van der Waals surface area contributed by atoms with Crippen LogP contribution in [0.4, 0.5) is 5.82 Å². The maximum absolute atomic E-state index is 12.1. The van der Waals surface area contributed by atoms with Crippen LogP contribution in [0.1, 0.15) is 0 Å². The standard InChI is InChI=1S/C10H16BrN5O4S/c1-20-3-2-13-9(17)6-15-21(18,19)8-4-7(11)5-14-10(8)16-12/h4-5,15H,2-3,6,12H2,1H3,(H,13,17)(H,14,16). The zero-order valence-corrected chi connectivity index (χ0v) is 13.6. The van der Waals surface area contributed by atoms with Gasteiger partial charge in [-0.1, -0.05) is 0 Å². The second kappa shape index (κ2) is 8.24. The van der Waals surface area contributed by atoms with Crippen LogP contribution >= 0.6 is 15.9 Å². The molecule has 0 unspecified atom stereocenters. The Morgan fingerprint density at radius 1 is 1.52 bits per heavy atom. The summed E-state index contributed by atoms with van der Waals surface area (Å²) in [4.78, 5) is 15.1. The third kappa shape index (κ3) is 5.55. The number of amides is 1. The molecule has 1 aromatic rings. The predicted molar refractivity (Wildman–Crippen MR) is 79.8 cm³/mol. The molecule has 1 rings (SSSR count). The minimum Gasteiger partial charge on any atom is -0.383 e. The highest BCUT2D eigenvalue weighted by molar-refractivity contribution is 9.10. The molecule has 0 bridgehead atoms. The Hall–Kier alpha value is -1.27. The van der Waals surface area contributed by atoms with E-state index in [4.69, 9.17) is 10.6 Å². The summed E-state index contributed by atoms with van der Waals surface area (Å²) in [5, 5.41) is 2.49. The lowest BCUT2D eigenvalue weighted by atomic mass is 10.5. The number of hydrogen-bond donors (Lipinski definition) is 4. The molecule has 0 atom stereocenters. The number of hydrazine groups is 1. The summed E-state index contributed by atoms with van der Waals surface area (Å²) in [6.45, 7) is 0.239. The molecule has 118 valence electrons. The molecule has 1 aromatic heterocycles. The summed E-state index contributed by atoms with van der Waals surface area (Å²) in [5.74, 6) is 4.73. The second-order valence-electron chi connectivity index (χ2n) is 3.81. The lowest BCUT2D eigenvalue weighted by Crippen LogP contribution is -2.38. The fourth-order valence-electron chi connectivity index (χ4n) is 1.33. The molecular formula is C10H16BrN5O4S. The van der Waals surface area contributed by atoms with Crippen LogP contribution in [0.25, 0.3) is 0 Å². The molecule has 0 spiro atoms. The molecular weight excluding hydrogens is 366 g/mol. The number of nitrogens with one attached hydrogen (secondary N) is 3. The molecule has 0 aliphatic carbocycles. The number of sulfonamides is 1. The molecule has 1 amide bonds. The summed E-state index contributed by atoms with van der Waals surface area (Å²) in [5.41, 5.74) is 2.19. The smallest absolute Gasteiger partial charge is 0.244 e. The second-order valence-corrected chi connectivity index (χ2v) is 6.46. The van der Waals surface area contributed by atoms with Gasteiger partial charge < -0.3 is 15.5 Å². The average molecular weight is 382 g/mol. The molecule has 0 radical (unpaired) electrons. The molecule has 9 nitrogen and oxygen atoms in total. The number of hydrogen-bond acceptors (Lipinski definition) is 7. The molecule has 21 heavy (non-hydrogen) atoms. The lowest BCUT2D eigenvalue weighted by molar-refractivity contribution is -0.120. The molecule has 0 fully saturated rings. The van der Waals surface area contributed by atoms with E-state index < -0.39 is 22.5 Å². The van der Waals surface area contributed by atoms with E-state index in [2.05, 4.69) is 36.4 Å². The number of nitrogens with two attached hydrogens (primary N) is 1. The van der Waals surface area contributed by atoms with Crippen LogP contribution in [0.15, 0.2) is 21.6 Å². The number of rotatable bonds is 8. The number of nitrogens with zero attached hydrogens (tertiary/aromatic N) is 1. The van der Waals surface area contributed by atoms with Crippen molar-refractivity contribution in [2.45, 2.75) is 4.90 Å². The number of ether oxygens (including phenoxy) is 1. The highest BCUT2D eigenvalue weighted by Gasteiger charge is 2.20. The minimum atomic E-state index is -3.93. The van der Waals surface area contributed by atoms with Crippen molar-refractivity contribution >= 4 is 37.7 Å². The number of halogens is 1. The van der Waals surface area contributed by atoms with Gasteiger partial charge in [-0.05, 0) is 22.0 Å². The van der Waals surface area contributed by atoms with Crippen molar-refractivity contribution in [2.75, 3.05) is 32.2 Å². The first kappa shape index (κ1) is 17.8. The van der Waals surface area contributed by atoms with Gasteiger partial charge in [-0.25, -0.2) is 24.0 Å². The van der Waals surface area contributed by atoms with Crippen LogP contribution in [-0.4, -0.2) is 46.1 Å². The SMILES string of the molecule is COCCNC(=O)CNS(=O)(=O)c1cc(Br)cnc1NN. The fourth-order valence-corrected chi connectivity index (χ4v) is 2.93. The Kier molecular flexibility index (Phi) is 6.98. The lowest BCUT2D eigenvalue weighted by Gasteiger charge is -2.10. The van der Waals surface area contributed by atoms with Gasteiger partial charge in [0.2, 0.25) is 15.9 Å². The van der Waals surface area contributed by atoms with Gasteiger partial charge in [0.05, 0.1) is 13.2 Å². The van der Waals surface area contributed by atoms with Crippen molar-refractivity contribution in [2.24, 2.45) is 5.84 Å². The van der Waals surface area contributed by atoms with Gasteiger partial charge in [-0.2, -0.15) is 0 Å². The van der Waals surface area contributed by atoms with E-state index in [1.54, 1.807) is 0 Å². The zero-order chi connectivity index (χ0) is 15.9. The first-order chi connectivity index (χ1) is 9.90. The van der Waals surface area contributed by atoms with Gasteiger partial charge in [-0.3, -0.25) is 4.79 Å². The van der Waals surface area contributed by atoms with E-state index in [9.17, 15) is 13.2 Å². The fraction of sp³-hybridized carbons (Fsp3) is 0.400. The Morgan fingerprint density at radius 3 is 2.86 bits per heavy atom. The Bertz CT molecular complexity index is 595. The number of methoxy groups -OCH3 is 1. The van der Waals surface area contributed by atoms with E-state index >= 15 is 0 Å². The maximum Gasteiger partial charge on any atom is 0.244 e. The topological polar surface area (TPSA) is 135 Å². The van der Waals surface area contributed by atoms with Crippen LogP contribution in [0.5, 0.6) is 0 Å². The molecule has 0 saturated heterocycles. The first-order valence-electron chi connectivity index (χ1n) is 5.78. The number of nitrogen functional groups attached to an aromatic ring is 1. The number of carbonyl (C=O) groups excluding carboxylic acids is 1. The number of carbonyl (C=O) groups is 1. The minimum absolute atomic E-state index is 0.0227. The van der Waals surface area contributed by atoms with Gasteiger partial charge in [0.1, 0.15) is 4.90 Å². The van der Waals surface area contributed by atoms with E-state index in [0.717, 1.165) is 0 Å². The van der Waals surface area contributed by atoms with Gasteiger partial charge in [0, 0.05) is 24.3 Å². The number of pyridine rings is 1. The zero-order valence-electron chi connectivity index (χ0n) is 11.2. The van der Waals surface area contributed by atoms with Gasteiger partial charge in [-0.15, -0.1) is 0 Å². The summed E-state index contributed by atoms with van der Waals surface area (Å²) in [7, 11) is -2.43. The van der Waals surface area contributed by atoms with Crippen LogP contribution in [0.2, 0.25) is 0 Å². The summed E-state index contributed by atoms with van der Waals surface area (Å²) >= 11 is 3.12. The monoisotopic (exact) mass is 381 g/mol. The first-order valence-corrected chi connectivity index (χ1v) is 8.05. The summed E-state index contributed by atoms with van der Waals surface area (Å²) < 4.78 is 31.6. The van der Waals surface area contributed by atoms with Crippen molar-refractivity contribution in [1.29, 1.82) is 0 Å². The van der Waals surface area contributed by atoms with E-state index in [-0.39, 0.29) is 10.7 Å². The molecule has 0 aliphatic rings. The normalized spacial score (nSPS) is 11.2. The van der Waals surface area contributed by atoms with Crippen LogP contribution in [0.3, 0.4) is 0 Å². The van der Waals surface area contributed by atoms with Crippen molar-refractivity contribution in [3.63, 3.8) is 0 Å². The van der Waals surface area contributed by atoms with Crippen LogP contribution < -0.4 is 21.3 Å². The molecule has 5 N–H and O–H groups in total. The quantitative estimate of drug-likeness (QED) is 0.262. The van der Waals surface area contributed by atoms with Gasteiger partial charge in [0.15, 0.2) is 5.82 Å². The van der Waals surface area contributed by atoms with Crippen LogP contribution in [-0.2, 0) is 19.6 Å². The molecule has 11 heteroatoms. The van der Waals surface area contributed by atoms with Crippen molar-refractivity contribution in [3.8, 4) is 0 Å². The Morgan fingerprint density at radius 2 is 2.24 bits per heavy atom. The number of aromatic nitrogens is 1. The molecule has 0 aliphatic heterocycles. The average Bonchev–Trinajstić information content (AvgIpc) is 2.45. The predicted octanol–water partition coefficient (Wildman–Crippen LogP) is -0.829. The van der Waals surface area contributed by atoms with Crippen molar-refractivity contribution in [1.82, 2.24) is 15.0 Å². The van der Waals surface area contributed by atoms with Gasteiger partial charge in [0.25, 0.3) is 0 Å². The van der Waals surface area contributed by atoms with E-state index in [1.165, 1.54) is 19.4 Å². The molecule has 0 aromatic carbocycles. The Labute approximate surface area is 130 Å². The van der Waals surface area contributed by atoms with Crippen LogP contribution in [0, 0.1) is 0 Å². The summed E-state index contributed by atoms with van der Waals surface area (Å²) in [6.07, 6.45) is 1.39. The highest BCUT2D eigenvalue weighted by atomic mass is 79.9. The Balaban J connectivity index is 2.74. The van der Waals surface area contributed by atoms with E-state index in [0.29, 0.717) is 17.6 Å². The highest BCUT2D eigenvalue weighted by Crippen LogP contribution is 2.21. The molecule has 1 heterocycles. The van der Waals surface area contributed by atoms with Gasteiger partial charge >= 0.3 is 0 Å². The molecule has 0 saturated carbocycles. The number of anilines is 1. The maximum atomic E-state index is 12.1. The third-order valence-corrected chi connectivity index (χ3v) is 4.14.